The maximum Gasteiger partial charge on any atom is 0.338 e. The van der Waals surface area contributed by atoms with Crippen molar-refractivity contribution in [3.63, 3.8) is 0 Å². The number of hydrogen-bond acceptors (Lipinski definition) is 10. The summed E-state index contributed by atoms with van der Waals surface area (Å²) in [5.74, 6) is -5.73. The zero-order valence-electron chi connectivity index (χ0n) is 62.0. The number of ether oxygens (including phenoxy) is 1. The first-order valence-corrected chi connectivity index (χ1v) is 35.5. The molecule has 4 heterocycles. The molecule has 0 N–H and O–H groups in total. The van der Waals surface area contributed by atoms with Gasteiger partial charge in [0.25, 0.3) is 23.6 Å². The molecule has 8 aromatic rings. The molecule has 0 unspecified atom stereocenters. The van der Waals surface area contributed by atoms with Crippen LogP contribution in [-0.4, -0.2) is 78.8 Å². The van der Waals surface area contributed by atoms with Crippen LogP contribution in [0.2, 0.25) is 5.02 Å². The number of carbonyl (C=O) groups is 5. The maximum absolute atomic E-state index is 15.0. The molecule has 0 atom stereocenters. The van der Waals surface area contributed by atoms with Gasteiger partial charge in [-0.3, -0.25) is 38.8 Å². The fourth-order valence-corrected chi connectivity index (χ4v) is 14.8. The van der Waals surface area contributed by atoms with Gasteiger partial charge in [-0.2, -0.15) is 0 Å². The van der Waals surface area contributed by atoms with Gasteiger partial charge in [0.2, 0.25) is 5.69 Å². The molecule has 4 aliphatic heterocycles. The molecule has 12 rings (SSSR count). The van der Waals surface area contributed by atoms with Crippen LogP contribution in [-0.2, 0) is 23.9 Å². The largest absolute Gasteiger partial charge is 0.462 e. The molecular formula is C81H69ClF6N12O6S4. The predicted molar refractivity (Wildman–Crippen MR) is 432 cm³/mol. The maximum atomic E-state index is 15.0. The summed E-state index contributed by atoms with van der Waals surface area (Å²) in [6, 6.07) is 34.5. The van der Waals surface area contributed by atoms with E-state index in [4.69, 9.17) is 91.5 Å². The molecule has 0 radical (unpaired) electrons. The van der Waals surface area contributed by atoms with Gasteiger partial charge in [0.15, 0.2) is 43.3 Å². The third-order valence-corrected chi connectivity index (χ3v) is 20.7. The minimum atomic E-state index is -1.13. The topological polar surface area (TPSA) is 138 Å². The van der Waals surface area contributed by atoms with Gasteiger partial charge in [0.05, 0.1) is 66.2 Å². The first-order valence-electron chi connectivity index (χ1n) is 33.5. The zero-order valence-corrected chi connectivity index (χ0v) is 66.0. The Morgan fingerprint density at radius 2 is 0.664 bits per heavy atom. The fourth-order valence-electron chi connectivity index (χ4n) is 12.5. The van der Waals surface area contributed by atoms with Gasteiger partial charge in [0.1, 0.15) is 51.2 Å². The van der Waals surface area contributed by atoms with Crippen LogP contribution >= 0.6 is 60.5 Å². The summed E-state index contributed by atoms with van der Waals surface area (Å²) >= 11 is 27.9. The molecule has 18 nitrogen and oxygen atoms in total. The Kier molecular flexibility index (Phi) is 23.7. The Balaban J connectivity index is 0.000000169. The minimum Gasteiger partial charge on any atom is -0.462 e. The van der Waals surface area contributed by atoms with E-state index in [1.54, 1.807) is 134 Å². The standard InChI is InChI=1S/C22H20FN3O3S.2C20H17F2N3OS.C19H15ClFN3OS/c1-6-29-19(27)14-7-9-15(10-8-14)26-21(30)25(20(28)22(26,3)4)17-12-11-16(24-5)13(2)18(17)23;2*1-11-6-7-13(10-14(11)21)25-19(27)24(18(26)20(25,3)4)16-9-8-15(23-5)12(2)17(16)22;1-11-5-7-12(8-6-11)24-18(26)23(17(25)19(24,2)3)14-10-9-13(22-4)15(20)16(14)21/h7-12H,6H2,1-4H3;2*6-10H,1-4H3;5-10H,1-3H3. The molecule has 8 aromatic carbocycles. The van der Waals surface area contributed by atoms with Crippen molar-refractivity contribution in [1.82, 2.24) is 0 Å². The van der Waals surface area contributed by atoms with Gasteiger partial charge in [0, 0.05) is 22.7 Å². The van der Waals surface area contributed by atoms with E-state index in [0.29, 0.717) is 33.8 Å². The van der Waals surface area contributed by atoms with Crippen LogP contribution in [0.1, 0.15) is 106 Å². The summed E-state index contributed by atoms with van der Waals surface area (Å²) in [6.07, 6.45) is 0. The van der Waals surface area contributed by atoms with Crippen LogP contribution in [0.3, 0.4) is 0 Å². The fraction of sp³-hybridized carbons (Fsp3) is 0.247. The van der Waals surface area contributed by atoms with Gasteiger partial charge in [-0.1, -0.05) is 65.7 Å². The van der Waals surface area contributed by atoms with E-state index in [2.05, 4.69) is 19.4 Å². The van der Waals surface area contributed by atoms with Crippen molar-refractivity contribution in [2.24, 2.45) is 0 Å². The average molecular weight is 1580 g/mol. The molecule has 4 aliphatic rings. The summed E-state index contributed by atoms with van der Waals surface area (Å²) < 4.78 is 92.6. The molecule has 562 valence electrons. The summed E-state index contributed by atoms with van der Waals surface area (Å²) in [4.78, 5) is 88.1. The van der Waals surface area contributed by atoms with Gasteiger partial charge in [-0.05, 0) is 265 Å². The molecule has 0 saturated carbocycles. The number of halogens is 7. The van der Waals surface area contributed by atoms with E-state index in [-0.39, 0.29) is 100 Å². The second-order valence-corrected chi connectivity index (χ2v) is 29.4. The second kappa shape index (κ2) is 31.6. The zero-order chi connectivity index (χ0) is 81.6. The van der Waals surface area contributed by atoms with Crippen LogP contribution in [0.25, 0.3) is 19.4 Å². The summed E-state index contributed by atoms with van der Waals surface area (Å²) in [6.45, 7) is 53.5. The van der Waals surface area contributed by atoms with Crippen LogP contribution in [0.15, 0.2) is 133 Å². The highest BCUT2D eigenvalue weighted by Gasteiger charge is 2.55. The van der Waals surface area contributed by atoms with E-state index >= 15 is 0 Å². The number of rotatable bonds is 10. The van der Waals surface area contributed by atoms with E-state index in [0.717, 1.165) is 30.9 Å². The Bertz CT molecular complexity index is 5280. The third-order valence-electron chi connectivity index (χ3n) is 18.9. The Morgan fingerprint density at radius 1 is 0.400 bits per heavy atom. The van der Waals surface area contributed by atoms with Crippen LogP contribution in [0.4, 0.5) is 94.6 Å². The highest BCUT2D eigenvalue weighted by molar-refractivity contribution is 7.81. The number of esters is 1. The summed E-state index contributed by atoms with van der Waals surface area (Å²) in [5, 5.41) is 0.0704. The summed E-state index contributed by atoms with van der Waals surface area (Å²) in [5.41, 5.74) is 1.12. The summed E-state index contributed by atoms with van der Waals surface area (Å²) in [7, 11) is 0. The van der Waals surface area contributed by atoms with Crippen molar-refractivity contribution < 1.29 is 55.1 Å². The van der Waals surface area contributed by atoms with E-state index in [1.165, 1.54) is 91.2 Å². The molecule has 29 heteroatoms. The number of thiocarbonyl (C=S) groups is 4. The molecule has 110 heavy (non-hydrogen) atoms. The second-order valence-electron chi connectivity index (χ2n) is 27.5. The molecular weight excluding hydrogens is 1510 g/mol. The van der Waals surface area contributed by atoms with E-state index in [1.807, 2.05) is 31.2 Å². The highest BCUT2D eigenvalue weighted by Crippen LogP contribution is 2.46. The first-order chi connectivity index (χ1) is 51.6. The first kappa shape index (κ1) is 82.6. The number of nitrogens with zero attached hydrogens (tertiary/aromatic N) is 12. The van der Waals surface area contributed by atoms with Crippen LogP contribution in [0.5, 0.6) is 0 Å². The van der Waals surface area contributed by atoms with Crippen molar-refractivity contribution in [2.75, 3.05) is 45.8 Å². The average Bonchev–Trinajstić information content (AvgIpc) is 1.61. The predicted octanol–water partition coefficient (Wildman–Crippen LogP) is 20.1. The molecule has 4 saturated heterocycles. The number of hydrogen-bond donors (Lipinski definition) is 0. The lowest BCUT2D eigenvalue weighted by atomic mass is 10.0. The number of carbonyl (C=O) groups excluding carboxylic acids is 5. The monoisotopic (exact) mass is 1580 g/mol. The highest BCUT2D eigenvalue weighted by atomic mass is 35.5. The van der Waals surface area contributed by atoms with Crippen molar-refractivity contribution in [3.8, 4) is 0 Å². The van der Waals surface area contributed by atoms with E-state index < -0.39 is 80.7 Å². The van der Waals surface area contributed by atoms with Gasteiger partial charge < -0.3 is 24.3 Å². The number of amides is 4. The van der Waals surface area contributed by atoms with Crippen molar-refractivity contribution in [3.05, 3.63) is 258 Å². The third kappa shape index (κ3) is 14.6. The normalized spacial score (nSPS) is 15.9. The van der Waals surface area contributed by atoms with Gasteiger partial charge >= 0.3 is 5.97 Å². The number of benzene rings is 8. The molecule has 4 fully saturated rings. The van der Waals surface area contributed by atoms with Crippen molar-refractivity contribution in [1.29, 1.82) is 0 Å². The van der Waals surface area contributed by atoms with Crippen molar-refractivity contribution in [2.45, 2.75) is 126 Å². The Morgan fingerprint density at radius 3 is 0.945 bits per heavy atom. The van der Waals surface area contributed by atoms with Gasteiger partial charge in [-0.25, -0.2) is 50.5 Å². The quantitative estimate of drug-likeness (QED) is 0.0555. The molecule has 0 spiro atoms. The molecule has 0 bridgehead atoms. The van der Waals surface area contributed by atoms with Gasteiger partial charge in [-0.15, -0.1) is 0 Å². The van der Waals surface area contributed by atoms with E-state index in [9.17, 15) is 50.3 Å². The molecule has 4 amide bonds. The molecule has 0 aromatic heterocycles. The lowest BCUT2D eigenvalue weighted by Crippen LogP contribution is -2.44. The lowest BCUT2D eigenvalue weighted by molar-refractivity contribution is -0.121. The Labute approximate surface area is 659 Å². The number of anilines is 8. The molecule has 0 aliphatic carbocycles. The van der Waals surface area contributed by atoms with Crippen LogP contribution in [0, 0.1) is 103 Å². The minimum absolute atomic E-state index is 0.00798. The lowest BCUT2D eigenvalue weighted by Gasteiger charge is -2.29. The number of aryl methyl sites for hydroxylation is 3. The SMILES string of the molecule is [C-]#[N+]c1ccc(N2C(=O)C(C)(C)N(c3ccc(C(=O)OCC)cc3)C2=S)c(F)c1C.[C-]#[N+]c1ccc(N2C(=O)C(C)(C)N(c3ccc(C)c(F)c3)C2=S)c(F)c1C.[C-]#[N+]c1ccc(N2C(=O)C(C)(C)N(c3ccc(C)c(F)c3)C2=S)c(F)c1C.[C-]#[N+]c1ccc(N2C(=O)C(C)(C)N(c3ccc(C)cc3)C2=S)c(F)c1Cl. The van der Waals surface area contributed by atoms with Crippen LogP contribution < -0.4 is 39.2 Å². The van der Waals surface area contributed by atoms with Crippen molar-refractivity contribution >= 4 is 179 Å². The Hall–Kier alpha value is -11.5. The smallest absolute Gasteiger partial charge is 0.338 e.